The molecule has 0 aliphatic heterocycles. The molecule has 7 atom stereocenters. The Hall–Kier alpha value is -8.54. The van der Waals surface area contributed by atoms with Gasteiger partial charge in [0.25, 0.3) is 0 Å². The summed E-state index contributed by atoms with van der Waals surface area (Å²) in [5.74, 6) is -27.9. The number of alkyl halides is 16. The largest absolute Gasteiger partial charge is 0.463 e. The van der Waals surface area contributed by atoms with Crippen molar-refractivity contribution < 1.29 is 150 Å². The van der Waals surface area contributed by atoms with Crippen molar-refractivity contribution in [1.29, 1.82) is 0 Å². The third-order valence-electron chi connectivity index (χ3n) is 29.3. The molecule has 0 radical (unpaired) electrons. The van der Waals surface area contributed by atoms with E-state index in [0.29, 0.717) is 94.8 Å². The van der Waals surface area contributed by atoms with Gasteiger partial charge in [-0.05, 0) is 300 Å². The monoisotopic (exact) mass is 1970 g/mol. The van der Waals surface area contributed by atoms with Gasteiger partial charge in [0, 0.05) is 56.3 Å². The lowest BCUT2D eigenvalue weighted by atomic mass is 9.49. The second-order valence-electron chi connectivity index (χ2n) is 40.0. The minimum Gasteiger partial charge on any atom is -0.463 e. The van der Waals surface area contributed by atoms with Crippen molar-refractivity contribution in [3.8, 4) is 0 Å². The minimum atomic E-state index is -5.70. The molecule has 0 N–H and O–H groups in total. The third kappa shape index (κ3) is 22.3. The zero-order valence-corrected chi connectivity index (χ0v) is 77.3. The second-order valence-corrected chi connectivity index (χ2v) is 44.0. The van der Waals surface area contributed by atoms with Crippen molar-refractivity contribution in [2.24, 2.45) is 92.7 Å². The molecule has 0 amide bonds. The van der Waals surface area contributed by atoms with Gasteiger partial charge >= 0.3 is 71.8 Å². The molecule has 0 aromatic heterocycles. The number of esters is 4. The molecule has 740 valence electrons. The number of carbonyl (C=O) groups is 7. The summed E-state index contributed by atoms with van der Waals surface area (Å²) in [6.45, 7) is 0.379. The Labute approximate surface area is 781 Å². The zero-order chi connectivity index (χ0) is 98.6. The number of Topliss-reactive ketones (excluding diaryl/α,β-unsaturated/α-hetero) is 3. The summed E-state index contributed by atoms with van der Waals surface area (Å²) in [6.07, 6.45) is -3.59. The van der Waals surface area contributed by atoms with E-state index in [1.54, 1.807) is 36.4 Å². The molecule has 16 aliphatic rings. The van der Waals surface area contributed by atoms with E-state index in [4.69, 9.17) is 18.9 Å². The van der Waals surface area contributed by atoms with Crippen LogP contribution in [0.2, 0.25) is 0 Å². The van der Waals surface area contributed by atoms with Gasteiger partial charge < -0.3 is 33.2 Å². The Bertz CT molecular complexity index is 4820. The van der Waals surface area contributed by atoms with E-state index < -0.39 is 150 Å². The number of carbonyl (C=O) groups excluding carboxylic acids is 7. The van der Waals surface area contributed by atoms with Gasteiger partial charge in [0.15, 0.2) is 35.5 Å². The molecule has 14 nitrogen and oxygen atoms in total. The van der Waals surface area contributed by atoms with Crippen LogP contribution in [0.25, 0.3) is 0 Å². The minimum absolute atomic E-state index is 0.0226. The van der Waals surface area contributed by atoms with Crippen molar-refractivity contribution in [2.75, 3.05) is 39.6 Å². The molecule has 16 bridgehead atoms. The van der Waals surface area contributed by atoms with Gasteiger partial charge in [0.05, 0.1) is 63.3 Å². The van der Waals surface area contributed by atoms with Crippen molar-refractivity contribution in [1.82, 2.24) is 0 Å². The van der Waals surface area contributed by atoms with E-state index in [1.165, 1.54) is 67.8 Å². The maximum Gasteiger partial charge on any atom is 0.425 e. The molecule has 0 saturated heterocycles. The van der Waals surface area contributed by atoms with Gasteiger partial charge in [-0.1, -0.05) is 53.1 Å². The summed E-state index contributed by atoms with van der Waals surface area (Å²) in [5, 5.41) is 0. The standard InChI is InChI=1S/C28H34F4O7.C21H21S.C18H12F3S.C17H20F6O4.C17H22F6O3/c1-25(29,30)28(31,32)38-13-20(39-24(36)27-7-15-4-18(10-27)22(34)19(5-15)11-27)12-37-23(35)26-6-14-2-16(8-26)21(33)17(3-14)9-26;1-16-4-10-19(11-5-16)22(20-12-6-17(2)7-13-20)21-14-8-18(3)9-15-21;19-13-1-7-16(8-2-13)22(17-9-3-14(20)4-10-17)18-11-5-15(21)6-12-18;1-14(18,19)16(20,21)17(22,23)27-3-2-26-13(25)15-6-9-4-10(7-15)12(24)11(5-9)8-15;1-14(18,19)16(20,21)17(22,23)26-3-2-25-13(24)15-7-10-4-11(8-15)6-12(5-10)9-15/h14-20H,2-13H2,1H3;4-15H,1-3H3;1-12H;9-11H,2-8H2,1H3;10-12H,2-9H2,1H3/q;2*+1;;. The average molecular weight is 1970 g/mol. The predicted octanol–water partition coefficient (Wildman–Crippen LogP) is 23.9. The van der Waals surface area contributed by atoms with Crippen LogP contribution in [0.4, 0.5) is 83.4 Å². The van der Waals surface area contributed by atoms with Gasteiger partial charge in [0.1, 0.15) is 54.6 Å². The summed E-state index contributed by atoms with van der Waals surface area (Å²) in [4.78, 5) is 95.5. The molecular formula is C101H109F19O14S2+2. The van der Waals surface area contributed by atoms with Crippen LogP contribution >= 0.6 is 0 Å². The molecule has 136 heavy (non-hydrogen) atoms. The van der Waals surface area contributed by atoms with Crippen LogP contribution in [0.3, 0.4) is 0 Å². The van der Waals surface area contributed by atoms with Crippen LogP contribution in [-0.4, -0.2) is 135 Å². The summed E-state index contributed by atoms with van der Waals surface area (Å²) >= 11 is 0. The van der Waals surface area contributed by atoms with Crippen LogP contribution < -0.4 is 0 Å². The van der Waals surface area contributed by atoms with Gasteiger partial charge in [-0.15, -0.1) is 0 Å². The lowest BCUT2D eigenvalue weighted by Gasteiger charge is -2.55. The maximum atomic E-state index is 13.9. The second kappa shape index (κ2) is 39.9. The highest BCUT2D eigenvalue weighted by molar-refractivity contribution is 7.97. The Balaban J connectivity index is 0.000000139. The molecule has 0 spiro atoms. The van der Waals surface area contributed by atoms with Gasteiger partial charge in [0.2, 0.25) is 0 Å². The lowest BCUT2D eigenvalue weighted by Crippen LogP contribution is -2.56. The highest BCUT2D eigenvalue weighted by Gasteiger charge is 2.73. The molecule has 0 heterocycles. The summed E-state index contributed by atoms with van der Waals surface area (Å²) in [7, 11) is -0.579. The van der Waals surface area contributed by atoms with Crippen LogP contribution in [-0.2, 0) is 88.5 Å². The molecule has 22 rings (SSSR count). The first kappa shape index (κ1) is 103. The predicted molar refractivity (Wildman–Crippen MR) is 458 cm³/mol. The third-order valence-corrected chi connectivity index (χ3v) is 33.8. The van der Waals surface area contributed by atoms with Crippen LogP contribution in [0.1, 0.15) is 172 Å². The molecule has 16 fully saturated rings. The number of ether oxygens (including phenoxy) is 7. The molecule has 16 saturated carbocycles. The normalized spacial score (nSPS) is 28.5. The number of halogens is 19. The van der Waals surface area contributed by atoms with Gasteiger partial charge in [-0.2, -0.15) is 70.2 Å². The first-order valence-electron chi connectivity index (χ1n) is 45.9. The van der Waals surface area contributed by atoms with Crippen molar-refractivity contribution in [2.45, 2.75) is 260 Å². The summed E-state index contributed by atoms with van der Waals surface area (Å²) in [5.41, 5.74) is 0.663. The number of rotatable bonds is 29. The fraction of sp³-hybridized carbons (Fsp3) is 0.574. The zero-order valence-electron chi connectivity index (χ0n) is 75.7. The Morgan fingerprint density at radius 2 is 0.537 bits per heavy atom. The van der Waals surface area contributed by atoms with Crippen LogP contribution in [0.15, 0.2) is 175 Å². The first-order chi connectivity index (χ1) is 63.6. The molecule has 7 unspecified atom stereocenters. The van der Waals surface area contributed by atoms with E-state index in [1.807, 2.05) is 0 Å². The quantitative estimate of drug-likeness (QED) is 0.0142. The molecule has 6 aromatic rings. The Kier molecular flexibility index (Phi) is 30.3. The van der Waals surface area contributed by atoms with Gasteiger partial charge in [-0.25, -0.2) is 13.2 Å². The van der Waals surface area contributed by atoms with Crippen molar-refractivity contribution in [3.63, 3.8) is 0 Å². The van der Waals surface area contributed by atoms with Crippen LogP contribution in [0.5, 0.6) is 0 Å². The lowest BCUT2D eigenvalue weighted by molar-refractivity contribution is -0.395. The van der Waals surface area contributed by atoms with E-state index >= 15 is 0 Å². The smallest absolute Gasteiger partial charge is 0.425 e. The van der Waals surface area contributed by atoms with Crippen molar-refractivity contribution in [3.05, 3.63) is 180 Å². The van der Waals surface area contributed by atoms with Gasteiger partial charge in [-0.3, -0.25) is 33.6 Å². The van der Waals surface area contributed by atoms with Crippen molar-refractivity contribution >= 4 is 63.0 Å². The SMILES string of the molecule is CC(F)(F)C(F)(F)C(F)(F)OCCOC(=O)C12CC3CC(C1)C(=O)C(C3)C2.CC(F)(F)C(F)(F)C(F)(F)OCCOC(=O)C12CC3CC(CC(C3)C1)C2.CC(F)(F)C(F)(F)OCC(COC(=O)C12CC3CC(C1)C(=O)C(C3)C2)OC(=O)C12CC3CC(C1)C(=O)C(C3)C2.Cc1ccc([S+](c2ccc(C)cc2)c2ccc(C)cc2)cc1.Fc1ccc([S+](c2ccc(F)cc2)c2ccc(F)cc2)cc1. The molecule has 16 aliphatic carbocycles. The van der Waals surface area contributed by atoms with E-state index in [-0.39, 0.29) is 120 Å². The maximum absolute atomic E-state index is 13.9. The fourth-order valence-corrected chi connectivity index (χ4v) is 27.6. The molecule has 35 heteroatoms. The summed E-state index contributed by atoms with van der Waals surface area (Å²) < 4.78 is 283. The number of hydrogen-bond donors (Lipinski definition) is 0. The average Bonchev–Trinajstić information content (AvgIpc) is 0.751. The Morgan fingerprint density at radius 3 is 0.794 bits per heavy atom. The number of benzene rings is 6. The molecule has 6 aromatic carbocycles. The summed E-state index contributed by atoms with van der Waals surface area (Å²) in [6, 6.07) is 45.4. The highest BCUT2D eigenvalue weighted by Crippen LogP contribution is 2.64. The number of ketones is 3. The van der Waals surface area contributed by atoms with E-state index in [9.17, 15) is 117 Å². The highest BCUT2D eigenvalue weighted by atomic mass is 32.2. The topological polar surface area (TPSA) is 184 Å². The fourth-order valence-electron chi connectivity index (χ4n) is 23.5. The molecular weight excluding hydrogens is 1860 g/mol. The number of aryl methyl sites for hydroxylation is 3. The first-order valence-corrected chi connectivity index (χ1v) is 48.3. The van der Waals surface area contributed by atoms with E-state index in [0.717, 1.165) is 72.5 Å². The number of hydrogen-bond acceptors (Lipinski definition) is 14. The van der Waals surface area contributed by atoms with E-state index in [2.05, 4.69) is 108 Å². The Morgan fingerprint density at radius 1 is 0.301 bits per heavy atom. The van der Waals surface area contributed by atoms with Crippen LogP contribution in [0, 0.1) is 131 Å².